The third-order valence-electron chi connectivity index (χ3n) is 3.57. The first-order chi connectivity index (χ1) is 9.74. The van der Waals surface area contributed by atoms with Crippen LogP contribution in [-0.4, -0.2) is 11.5 Å². The van der Waals surface area contributed by atoms with Crippen molar-refractivity contribution in [3.8, 4) is 0 Å². The molecule has 2 heterocycles. The summed E-state index contributed by atoms with van der Waals surface area (Å²) in [6.45, 7) is 7.62. The number of aryl methyl sites for hydroxylation is 2. The fraction of sp³-hybridized carbons (Fsp3) is 0.471. The Morgan fingerprint density at radius 1 is 1.25 bits per heavy atom. The molecule has 0 spiro atoms. The van der Waals surface area contributed by atoms with Crippen LogP contribution in [0.15, 0.2) is 29.8 Å². The van der Waals surface area contributed by atoms with Crippen LogP contribution in [0.3, 0.4) is 0 Å². The quantitative estimate of drug-likeness (QED) is 0.821. The maximum Gasteiger partial charge on any atom is 0.0473 e. The van der Waals surface area contributed by atoms with E-state index in [0.29, 0.717) is 6.04 Å². The van der Waals surface area contributed by atoms with Gasteiger partial charge in [-0.3, -0.25) is 4.98 Å². The number of rotatable bonds is 7. The molecule has 2 nitrogen and oxygen atoms in total. The Hall–Kier alpha value is -1.19. The van der Waals surface area contributed by atoms with E-state index in [1.54, 1.807) is 0 Å². The van der Waals surface area contributed by atoms with Gasteiger partial charge in [0.05, 0.1) is 0 Å². The number of pyridine rings is 1. The molecule has 0 saturated carbocycles. The Kier molecular flexibility index (Phi) is 5.74. The second-order valence-corrected chi connectivity index (χ2v) is 6.14. The SMILES string of the molecule is CCCNC(Cc1ccc(CC)cn1)c1sccc1C. The molecule has 0 saturated heterocycles. The summed E-state index contributed by atoms with van der Waals surface area (Å²) in [5, 5.41) is 5.84. The van der Waals surface area contributed by atoms with Crippen LogP contribution in [0.25, 0.3) is 0 Å². The number of thiophene rings is 1. The lowest BCUT2D eigenvalue weighted by molar-refractivity contribution is 0.530. The molecular weight excluding hydrogens is 264 g/mol. The minimum Gasteiger partial charge on any atom is -0.309 e. The molecule has 1 N–H and O–H groups in total. The van der Waals surface area contributed by atoms with Gasteiger partial charge in [0, 0.05) is 29.2 Å². The van der Waals surface area contributed by atoms with E-state index >= 15 is 0 Å². The highest BCUT2D eigenvalue weighted by molar-refractivity contribution is 7.10. The van der Waals surface area contributed by atoms with Gasteiger partial charge in [0.2, 0.25) is 0 Å². The van der Waals surface area contributed by atoms with Crippen molar-refractivity contribution in [3.05, 3.63) is 51.5 Å². The van der Waals surface area contributed by atoms with Gasteiger partial charge in [-0.25, -0.2) is 0 Å². The molecule has 0 aromatic carbocycles. The van der Waals surface area contributed by atoms with E-state index in [9.17, 15) is 0 Å². The van der Waals surface area contributed by atoms with Crippen LogP contribution in [0.5, 0.6) is 0 Å². The lowest BCUT2D eigenvalue weighted by Crippen LogP contribution is -2.24. The van der Waals surface area contributed by atoms with Crippen molar-refractivity contribution in [2.75, 3.05) is 6.54 Å². The van der Waals surface area contributed by atoms with E-state index in [-0.39, 0.29) is 0 Å². The van der Waals surface area contributed by atoms with Crippen LogP contribution in [0, 0.1) is 6.92 Å². The largest absolute Gasteiger partial charge is 0.309 e. The molecule has 0 fully saturated rings. The van der Waals surface area contributed by atoms with E-state index in [2.05, 4.69) is 54.7 Å². The Morgan fingerprint density at radius 3 is 2.65 bits per heavy atom. The maximum atomic E-state index is 4.60. The molecule has 3 heteroatoms. The number of aromatic nitrogens is 1. The highest BCUT2D eigenvalue weighted by Crippen LogP contribution is 2.26. The van der Waals surface area contributed by atoms with E-state index in [0.717, 1.165) is 25.8 Å². The van der Waals surface area contributed by atoms with Crippen LogP contribution < -0.4 is 5.32 Å². The Labute approximate surface area is 126 Å². The molecule has 0 radical (unpaired) electrons. The average molecular weight is 288 g/mol. The standard InChI is InChI=1S/C17H24N2S/c1-4-9-18-16(17-13(3)8-10-20-17)11-15-7-6-14(5-2)12-19-15/h6-8,10,12,16,18H,4-5,9,11H2,1-3H3. The molecule has 20 heavy (non-hydrogen) atoms. The number of hydrogen-bond donors (Lipinski definition) is 1. The molecule has 0 bridgehead atoms. The van der Waals surface area contributed by atoms with Crippen LogP contribution in [-0.2, 0) is 12.8 Å². The second-order valence-electron chi connectivity index (χ2n) is 5.19. The lowest BCUT2D eigenvalue weighted by Gasteiger charge is -2.18. The first kappa shape index (κ1) is 15.2. The Morgan fingerprint density at radius 2 is 2.10 bits per heavy atom. The van der Waals surface area contributed by atoms with E-state index < -0.39 is 0 Å². The van der Waals surface area contributed by atoms with E-state index in [1.165, 1.54) is 21.7 Å². The summed E-state index contributed by atoms with van der Waals surface area (Å²) in [6.07, 6.45) is 5.18. The Balaban J connectivity index is 2.12. The number of nitrogens with one attached hydrogen (secondary N) is 1. The van der Waals surface area contributed by atoms with Crippen LogP contribution in [0.2, 0.25) is 0 Å². The molecule has 108 valence electrons. The summed E-state index contributed by atoms with van der Waals surface area (Å²) in [6, 6.07) is 6.95. The number of nitrogens with zero attached hydrogens (tertiary/aromatic N) is 1. The summed E-state index contributed by atoms with van der Waals surface area (Å²) in [5.41, 5.74) is 3.86. The topological polar surface area (TPSA) is 24.9 Å². The summed E-state index contributed by atoms with van der Waals surface area (Å²) in [7, 11) is 0. The smallest absolute Gasteiger partial charge is 0.0473 e. The third-order valence-corrected chi connectivity index (χ3v) is 4.70. The van der Waals surface area contributed by atoms with Crippen molar-refractivity contribution >= 4 is 11.3 Å². The second kappa shape index (κ2) is 7.55. The van der Waals surface area contributed by atoms with Gasteiger partial charge in [-0.05, 0) is 54.9 Å². The van der Waals surface area contributed by atoms with Crippen molar-refractivity contribution in [2.45, 2.75) is 46.1 Å². The van der Waals surface area contributed by atoms with Crippen molar-refractivity contribution < 1.29 is 0 Å². The predicted molar refractivity (Wildman–Crippen MR) is 87.4 cm³/mol. The Bertz CT molecular complexity index is 516. The molecule has 2 rings (SSSR count). The fourth-order valence-corrected chi connectivity index (χ4v) is 3.32. The average Bonchev–Trinajstić information content (AvgIpc) is 2.90. The fourth-order valence-electron chi connectivity index (χ4n) is 2.31. The minimum absolute atomic E-state index is 0.384. The van der Waals surface area contributed by atoms with Gasteiger partial charge in [0.25, 0.3) is 0 Å². The molecule has 0 aliphatic heterocycles. The van der Waals surface area contributed by atoms with Crippen molar-refractivity contribution in [2.24, 2.45) is 0 Å². The van der Waals surface area contributed by atoms with E-state index in [1.807, 2.05) is 17.5 Å². The van der Waals surface area contributed by atoms with Crippen molar-refractivity contribution in [3.63, 3.8) is 0 Å². The molecule has 1 atom stereocenters. The van der Waals surface area contributed by atoms with E-state index in [4.69, 9.17) is 0 Å². The third kappa shape index (κ3) is 3.90. The summed E-state index contributed by atoms with van der Waals surface area (Å²) in [4.78, 5) is 6.05. The van der Waals surface area contributed by atoms with Crippen molar-refractivity contribution in [1.82, 2.24) is 10.3 Å². The lowest BCUT2D eigenvalue weighted by atomic mass is 10.1. The monoisotopic (exact) mass is 288 g/mol. The van der Waals surface area contributed by atoms with Gasteiger partial charge in [-0.1, -0.05) is 19.9 Å². The van der Waals surface area contributed by atoms with Crippen LogP contribution >= 0.6 is 11.3 Å². The first-order valence-corrected chi connectivity index (χ1v) is 8.33. The van der Waals surface area contributed by atoms with Gasteiger partial charge in [-0.2, -0.15) is 0 Å². The molecule has 2 aromatic rings. The van der Waals surface area contributed by atoms with Crippen LogP contribution in [0.4, 0.5) is 0 Å². The zero-order chi connectivity index (χ0) is 14.4. The van der Waals surface area contributed by atoms with Gasteiger partial charge in [0.15, 0.2) is 0 Å². The maximum absolute atomic E-state index is 4.60. The highest BCUT2D eigenvalue weighted by atomic mass is 32.1. The minimum atomic E-state index is 0.384. The zero-order valence-corrected chi connectivity index (χ0v) is 13.5. The predicted octanol–water partition coefficient (Wildman–Crippen LogP) is 4.30. The van der Waals surface area contributed by atoms with Gasteiger partial charge >= 0.3 is 0 Å². The molecule has 0 aliphatic carbocycles. The zero-order valence-electron chi connectivity index (χ0n) is 12.6. The molecule has 2 aromatic heterocycles. The van der Waals surface area contributed by atoms with Gasteiger partial charge < -0.3 is 5.32 Å². The first-order valence-electron chi connectivity index (χ1n) is 7.45. The van der Waals surface area contributed by atoms with Gasteiger partial charge in [0.1, 0.15) is 0 Å². The highest BCUT2D eigenvalue weighted by Gasteiger charge is 2.15. The van der Waals surface area contributed by atoms with Crippen LogP contribution in [0.1, 0.15) is 48.0 Å². The van der Waals surface area contributed by atoms with Gasteiger partial charge in [-0.15, -0.1) is 11.3 Å². The normalized spacial score (nSPS) is 12.6. The molecule has 1 unspecified atom stereocenters. The number of hydrogen-bond acceptors (Lipinski definition) is 3. The molecule has 0 amide bonds. The molecular formula is C17H24N2S. The summed E-state index contributed by atoms with van der Waals surface area (Å²) in [5.74, 6) is 0. The molecule has 0 aliphatic rings. The van der Waals surface area contributed by atoms with Crippen molar-refractivity contribution in [1.29, 1.82) is 0 Å². The summed E-state index contributed by atoms with van der Waals surface area (Å²) >= 11 is 1.84. The summed E-state index contributed by atoms with van der Waals surface area (Å²) < 4.78 is 0.